The summed E-state index contributed by atoms with van der Waals surface area (Å²) in [5, 5.41) is 13.2. The zero-order valence-electron chi connectivity index (χ0n) is 47.4. The van der Waals surface area contributed by atoms with E-state index in [9.17, 15) is 0 Å². The van der Waals surface area contributed by atoms with Gasteiger partial charge in [0.25, 0.3) is 0 Å². The Balaban J connectivity index is 0.979. The molecular weight excluding hydrogens is 1050 g/mol. The molecule has 0 bridgehead atoms. The van der Waals surface area contributed by atoms with Crippen LogP contribution in [0.25, 0.3) is 99.1 Å². The number of aromatic nitrogens is 5. The summed E-state index contributed by atoms with van der Waals surface area (Å²) in [6.07, 6.45) is 6.02. The minimum Gasteiger partial charge on any atom is -0.458 e. The zero-order valence-corrected chi connectivity index (χ0v) is 48.4. The van der Waals surface area contributed by atoms with E-state index >= 15 is 0 Å². The molecule has 0 aliphatic carbocycles. The van der Waals surface area contributed by atoms with Gasteiger partial charge in [0.1, 0.15) is 22.8 Å². The highest BCUT2D eigenvalue weighted by atomic mass is 28.3. The van der Waals surface area contributed by atoms with E-state index in [2.05, 4.69) is 324 Å². The lowest BCUT2D eigenvalue weighted by Crippen LogP contribution is -2.74. The number of para-hydroxylation sites is 4. The van der Waals surface area contributed by atoms with Crippen LogP contribution < -0.4 is 29.9 Å². The van der Waals surface area contributed by atoms with Gasteiger partial charge >= 0.3 is 0 Å². The third-order valence-corrected chi connectivity index (χ3v) is 22.2. The van der Waals surface area contributed by atoms with E-state index in [0.29, 0.717) is 5.75 Å². The molecule has 16 aromatic rings. The predicted molar refractivity (Wildman–Crippen MR) is 354 cm³/mol. The van der Waals surface area contributed by atoms with Crippen molar-refractivity contribution >= 4 is 105 Å². The Bertz CT molecular complexity index is 5220. The summed E-state index contributed by atoms with van der Waals surface area (Å²) < 4.78 is 16.3. The Morgan fingerprint density at radius 3 is 1.66 bits per heavy atom. The molecular formula is C78H57N5OSi. The molecule has 0 aliphatic rings. The number of nitrogens with zero attached hydrogens (tertiary/aromatic N) is 5. The smallest absolute Gasteiger partial charge is 0.198 e. The molecule has 85 heavy (non-hydrogen) atoms. The topological polar surface area (TPSA) is 40.5 Å². The van der Waals surface area contributed by atoms with E-state index in [0.717, 1.165) is 99.4 Å². The van der Waals surface area contributed by atoms with Crippen molar-refractivity contribution in [3.8, 4) is 34.1 Å². The molecule has 0 N–H and O–H groups in total. The van der Waals surface area contributed by atoms with Crippen LogP contribution in [-0.4, -0.2) is 26.6 Å². The first kappa shape index (κ1) is 50.1. The van der Waals surface area contributed by atoms with E-state index in [1.165, 1.54) is 31.7 Å². The molecule has 0 aliphatic heterocycles. The van der Waals surface area contributed by atoms with E-state index in [1.807, 2.05) is 12.3 Å². The van der Waals surface area contributed by atoms with Gasteiger partial charge in [0.05, 0.1) is 27.6 Å². The Morgan fingerprint density at radius 1 is 0.424 bits per heavy atom. The normalized spacial score (nSPS) is 12.2. The van der Waals surface area contributed by atoms with Crippen LogP contribution in [0, 0.1) is 6.33 Å². The van der Waals surface area contributed by atoms with Gasteiger partial charge in [0.15, 0.2) is 20.0 Å². The number of imidazole rings is 1. The first-order chi connectivity index (χ1) is 41.8. The van der Waals surface area contributed by atoms with Gasteiger partial charge in [-0.3, -0.25) is 13.4 Å². The second-order valence-corrected chi connectivity index (χ2v) is 27.1. The van der Waals surface area contributed by atoms with Crippen LogP contribution in [0.2, 0.25) is 0 Å². The average molecular weight is 1110 g/mol. The minimum atomic E-state index is -2.99. The molecule has 7 heteroatoms. The van der Waals surface area contributed by atoms with Gasteiger partial charge in [-0.1, -0.05) is 245 Å². The maximum absolute atomic E-state index is 7.00. The van der Waals surface area contributed by atoms with Gasteiger partial charge in [-0.25, -0.2) is 4.98 Å². The number of fused-ring (bicyclic) bond motifs is 13. The summed E-state index contributed by atoms with van der Waals surface area (Å²) in [5.74, 6) is 2.31. The number of pyridine rings is 1. The highest BCUT2D eigenvalue weighted by Crippen LogP contribution is 2.40. The number of rotatable bonds is 9. The third kappa shape index (κ3) is 7.99. The quantitative estimate of drug-likeness (QED) is 0.0625. The van der Waals surface area contributed by atoms with E-state index in [4.69, 9.17) is 9.72 Å². The number of hydrogen-bond acceptors (Lipinski definition) is 2. The summed E-state index contributed by atoms with van der Waals surface area (Å²) in [5.41, 5.74) is 11.7. The van der Waals surface area contributed by atoms with Crippen LogP contribution in [-0.2, 0) is 5.41 Å². The van der Waals surface area contributed by atoms with Crippen LogP contribution in [0.1, 0.15) is 26.3 Å². The molecule has 0 saturated carbocycles. The predicted octanol–water partition coefficient (Wildman–Crippen LogP) is 16.1. The number of ether oxygens (including phenoxy) is 1. The van der Waals surface area contributed by atoms with Crippen LogP contribution >= 0.6 is 0 Å². The van der Waals surface area contributed by atoms with Crippen LogP contribution in [0.5, 0.6) is 11.5 Å². The number of hydrogen-bond donors (Lipinski definition) is 0. The summed E-state index contributed by atoms with van der Waals surface area (Å²) in [6.45, 7) is 6.73. The largest absolute Gasteiger partial charge is 0.458 e. The maximum Gasteiger partial charge on any atom is 0.198 e. The fourth-order valence-electron chi connectivity index (χ4n) is 13.6. The van der Waals surface area contributed by atoms with Crippen molar-refractivity contribution in [2.45, 2.75) is 26.2 Å². The lowest BCUT2D eigenvalue weighted by atomic mass is 9.88. The molecule has 5 aromatic heterocycles. The SMILES string of the molecule is CC(C)(C)c1ccnc(-n2c3ccccc3c3ccc(Oc4cccc(-n5[c-][n+]6c7c(-c8ccccc8)cccc7c7cc([Si](c8ccccc8)(c8ccccc8)c8ccccc8)ccc7c7ccccc7n7c8ccccc8c5c76)c4)cc32)c1. The molecule has 404 valence electrons. The van der Waals surface area contributed by atoms with Crippen molar-refractivity contribution in [3.63, 3.8) is 0 Å². The molecule has 6 nitrogen and oxygen atoms in total. The van der Waals surface area contributed by atoms with Crippen molar-refractivity contribution in [1.82, 2.24) is 18.5 Å². The van der Waals surface area contributed by atoms with Crippen LogP contribution in [0.15, 0.2) is 291 Å². The second kappa shape index (κ2) is 19.8. The molecule has 0 amide bonds. The fourth-order valence-corrected chi connectivity index (χ4v) is 18.3. The molecule has 0 atom stereocenters. The molecule has 5 heterocycles. The van der Waals surface area contributed by atoms with E-state index in [-0.39, 0.29) is 5.41 Å². The first-order valence-electron chi connectivity index (χ1n) is 29.2. The lowest BCUT2D eigenvalue weighted by molar-refractivity contribution is -0.488. The Kier molecular flexibility index (Phi) is 11.7. The van der Waals surface area contributed by atoms with Crippen molar-refractivity contribution in [1.29, 1.82) is 0 Å². The van der Waals surface area contributed by atoms with Crippen molar-refractivity contribution in [2.75, 3.05) is 0 Å². The Labute approximate surface area is 493 Å². The molecule has 11 aromatic carbocycles. The molecule has 16 rings (SSSR count). The zero-order chi connectivity index (χ0) is 56.8. The van der Waals surface area contributed by atoms with Gasteiger partial charge in [0.2, 0.25) is 0 Å². The van der Waals surface area contributed by atoms with Crippen LogP contribution in [0.4, 0.5) is 0 Å². The van der Waals surface area contributed by atoms with Crippen LogP contribution in [0.3, 0.4) is 0 Å². The Morgan fingerprint density at radius 2 is 0.976 bits per heavy atom. The van der Waals surface area contributed by atoms with Crippen molar-refractivity contribution < 1.29 is 9.14 Å². The molecule has 0 fully saturated rings. The van der Waals surface area contributed by atoms with Gasteiger partial charge in [-0.15, -0.1) is 0 Å². The van der Waals surface area contributed by atoms with Gasteiger partial charge in [0, 0.05) is 39.5 Å². The average Bonchev–Trinajstić information content (AvgIpc) is 1.89. The maximum atomic E-state index is 7.00. The monoisotopic (exact) mass is 1110 g/mol. The van der Waals surface area contributed by atoms with Crippen molar-refractivity contribution in [3.05, 3.63) is 303 Å². The number of benzene rings is 11. The molecule has 0 unspecified atom stereocenters. The van der Waals surface area contributed by atoms with Gasteiger partial charge < -0.3 is 9.30 Å². The fraction of sp³-hybridized carbons (Fsp3) is 0.0513. The highest BCUT2D eigenvalue weighted by molar-refractivity contribution is 7.20. The molecule has 0 saturated heterocycles. The first-order valence-corrected chi connectivity index (χ1v) is 31.2. The third-order valence-electron chi connectivity index (χ3n) is 17.4. The highest BCUT2D eigenvalue weighted by Gasteiger charge is 2.41. The van der Waals surface area contributed by atoms with Gasteiger partial charge in [-0.05, 0) is 114 Å². The summed E-state index contributed by atoms with van der Waals surface area (Å²) in [7, 11) is -2.99. The van der Waals surface area contributed by atoms with Crippen molar-refractivity contribution in [2.24, 2.45) is 0 Å². The van der Waals surface area contributed by atoms with Gasteiger partial charge in [-0.2, -0.15) is 0 Å². The van der Waals surface area contributed by atoms with E-state index in [1.54, 1.807) is 0 Å². The molecule has 0 spiro atoms. The summed E-state index contributed by atoms with van der Waals surface area (Å²) in [6, 6.07) is 104. The standard InChI is InChI=1S/C78H57N5OSi/c1-78(2,3)54-46-47-79-74(48-54)82-70-39-19-17-35-65(70)66-44-42-57(50-73(66)82)84-56-27-22-26-55(49-56)80-52-81-75-62(53-24-8-4-9-25-53)37-23-38-67(75)69-51-61(85(58-28-10-5-11-29-58,59-30-12-6-13-31-59)60-32-14-7-15-33-60)43-45-63(69)64-34-16-20-40-71(64)83-72-41-21-18-36-68(72)76(80)77(81)83/h4-51H,1-3H3. The Hall–Kier alpha value is -10.6. The lowest BCUT2D eigenvalue weighted by Gasteiger charge is -2.34. The summed E-state index contributed by atoms with van der Waals surface area (Å²) in [4.78, 5) is 4.95. The summed E-state index contributed by atoms with van der Waals surface area (Å²) >= 11 is 0. The van der Waals surface area contributed by atoms with E-state index < -0.39 is 8.07 Å². The minimum absolute atomic E-state index is 0.0426. The molecule has 0 radical (unpaired) electrons. The second-order valence-electron chi connectivity index (χ2n) is 23.3.